The average molecular weight is 238 g/mol. The molecule has 1 unspecified atom stereocenters. The van der Waals surface area contributed by atoms with Crippen LogP contribution in [0, 0.1) is 5.92 Å². The Labute approximate surface area is 93.0 Å². The van der Waals surface area contributed by atoms with E-state index in [1.54, 1.807) is 0 Å². The molecule has 0 aliphatic carbocycles. The molecule has 1 atom stereocenters. The lowest BCUT2D eigenvalue weighted by molar-refractivity contribution is -0.144. The van der Waals surface area contributed by atoms with Gasteiger partial charge in [-0.05, 0) is 12.3 Å². The molecule has 1 rings (SSSR count). The summed E-state index contributed by atoms with van der Waals surface area (Å²) in [5, 5.41) is 2.93. The summed E-state index contributed by atoms with van der Waals surface area (Å²) in [6.07, 6.45) is -4.70. The van der Waals surface area contributed by atoms with Crippen LogP contribution in [-0.4, -0.2) is 36.2 Å². The maximum atomic E-state index is 12.1. The Morgan fingerprint density at radius 3 is 2.62 bits per heavy atom. The molecule has 0 radical (unpaired) electrons. The average Bonchev–Trinajstić information content (AvgIpc) is 2.42. The van der Waals surface area contributed by atoms with Gasteiger partial charge in [0.2, 0.25) is 5.91 Å². The van der Waals surface area contributed by atoms with Gasteiger partial charge in [0.25, 0.3) is 0 Å². The van der Waals surface area contributed by atoms with Crippen molar-refractivity contribution in [2.24, 2.45) is 5.92 Å². The van der Waals surface area contributed by atoms with E-state index >= 15 is 0 Å². The largest absolute Gasteiger partial charge is 0.390 e. The van der Waals surface area contributed by atoms with Crippen LogP contribution in [0.2, 0.25) is 0 Å². The first-order chi connectivity index (χ1) is 7.29. The lowest BCUT2D eigenvalue weighted by Crippen LogP contribution is -2.40. The molecule has 1 amide bonds. The third kappa shape index (κ3) is 4.00. The van der Waals surface area contributed by atoms with Crippen molar-refractivity contribution < 1.29 is 18.0 Å². The lowest BCUT2D eigenvalue weighted by atomic mass is 10.1. The van der Waals surface area contributed by atoms with E-state index in [9.17, 15) is 18.0 Å². The summed E-state index contributed by atoms with van der Waals surface area (Å²) in [6, 6.07) is 0. The number of halogens is 3. The Balaban J connectivity index is 2.50. The molecule has 0 bridgehead atoms. The predicted molar refractivity (Wildman–Crippen MR) is 53.6 cm³/mol. The lowest BCUT2D eigenvalue weighted by Gasteiger charge is -2.26. The van der Waals surface area contributed by atoms with Crippen LogP contribution in [0.25, 0.3) is 0 Å². The predicted octanol–water partition coefficient (Wildman–Crippen LogP) is 1.74. The quantitative estimate of drug-likeness (QED) is 0.809. The van der Waals surface area contributed by atoms with Gasteiger partial charge in [-0.1, -0.05) is 13.8 Å². The van der Waals surface area contributed by atoms with Crippen LogP contribution >= 0.6 is 0 Å². The fourth-order valence-electron chi connectivity index (χ4n) is 1.78. The summed E-state index contributed by atoms with van der Waals surface area (Å²) in [7, 11) is 0. The number of carbonyl (C=O) groups excluding carboxylic acids is 1. The van der Waals surface area contributed by atoms with Crippen LogP contribution in [0.4, 0.5) is 13.2 Å². The zero-order valence-corrected chi connectivity index (χ0v) is 9.47. The van der Waals surface area contributed by atoms with Gasteiger partial charge >= 0.3 is 6.18 Å². The Kier molecular flexibility index (Phi) is 4.18. The van der Waals surface area contributed by atoms with E-state index in [0.29, 0.717) is 12.3 Å². The van der Waals surface area contributed by atoms with Gasteiger partial charge in [-0.3, -0.25) is 10.1 Å². The maximum absolute atomic E-state index is 12.1. The third-order valence-electron chi connectivity index (χ3n) is 2.52. The van der Waals surface area contributed by atoms with Gasteiger partial charge in [0.15, 0.2) is 0 Å². The molecule has 6 heteroatoms. The molecule has 1 aliphatic rings. The first-order valence-corrected chi connectivity index (χ1v) is 5.39. The van der Waals surface area contributed by atoms with Crippen molar-refractivity contribution >= 4 is 5.91 Å². The number of nitrogens with one attached hydrogen (secondary N) is 1. The van der Waals surface area contributed by atoms with E-state index < -0.39 is 12.6 Å². The second kappa shape index (κ2) is 5.03. The molecule has 1 aliphatic heterocycles. The molecule has 1 heterocycles. The first kappa shape index (κ1) is 13.3. The van der Waals surface area contributed by atoms with Crippen LogP contribution in [0.3, 0.4) is 0 Å². The highest BCUT2D eigenvalue weighted by atomic mass is 19.4. The zero-order valence-electron chi connectivity index (χ0n) is 9.47. The summed E-state index contributed by atoms with van der Waals surface area (Å²) < 4.78 is 36.2. The first-order valence-electron chi connectivity index (χ1n) is 5.39. The monoisotopic (exact) mass is 238 g/mol. The van der Waals surface area contributed by atoms with Gasteiger partial charge in [0.1, 0.15) is 0 Å². The van der Waals surface area contributed by atoms with Crippen molar-refractivity contribution in [2.75, 3.05) is 13.1 Å². The van der Waals surface area contributed by atoms with Crippen molar-refractivity contribution in [3.05, 3.63) is 0 Å². The summed E-state index contributed by atoms with van der Waals surface area (Å²) in [5.74, 6) is 0.103. The van der Waals surface area contributed by atoms with E-state index in [4.69, 9.17) is 0 Å². The van der Waals surface area contributed by atoms with E-state index in [2.05, 4.69) is 5.32 Å². The molecule has 94 valence electrons. The molecular formula is C10H17F3N2O. The number of nitrogens with zero attached hydrogens (tertiary/aromatic N) is 1. The Morgan fingerprint density at radius 2 is 2.12 bits per heavy atom. The Morgan fingerprint density at radius 1 is 1.50 bits per heavy atom. The smallest absolute Gasteiger partial charge is 0.326 e. The molecule has 3 nitrogen and oxygen atoms in total. The number of alkyl halides is 3. The van der Waals surface area contributed by atoms with Crippen LogP contribution in [0.1, 0.15) is 26.7 Å². The molecular weight excluding hydrogens is 221 g/mol. The van der Waals surface area contributed by atoms with Crippen molar-refractivity contribution in [2.45, 2.75) is 39.0 Å². The second-order valence-corrected chi connectivity index (χ2v) is 4.48. The van der Waals surface area contributed by atoms with Crippen LogP contribution in [0.5, 0.6) is 0 Å². The van der Waals surface area contributed by atoms with Gasteiger partial charge in [-0.25, -0.2) is 0 Å². The van der Waals surface area contributed by atoms with E-state index in [1.807, 2.05) is 13.8 Å². The van der Waals surface area contributed by atoms with Crippen LogP contribution in [0.15, 0.2) is 0 Å². The summed E-state index contributed by atoms with van der Waals surface area (Å²) in [4.78, 5) is 12.7. The van der Waals surface area contributed by atoms with Crippen molar-refractivity contribution in [3.63, 3.8) is 0 Å². The minimum absolute atomic E-state index is 0.148. The molecule has 0 aromatic heterocycles. The minimum atomic E-state index is -4.20. The SMILES string of the molecule is CC(C)CC1NCC(=O)N1CCC(F)(F)F. The van der Waals surface area contributed by atoms with E-state index in [-0.39, 0.29) is 25.2 Å². The van der Waals surface area contributed by atoms with Crippen molar-refractivity contribution in [3.8, 4) is 0 Å². The highest BCUT2D eigenvalue weighted by molar-refractivity contribution is 5.80. The molecule has 0 aromatic carbocycles. The molecule has 16 heavy (non-hydrogen) atoms. The van der Waals surface area contributed by atoms with Gasteiger partial charge in [0, 0.05) is 6.54 Å². The summed E-state index contributed by atoms with van der Waals surface area (Å²) in [6.45, 7) is 3.86. The number of rotatable bonds is 4. The number of carbonyl (C=O) groups is 1. The van der Waals surface area contributed by atoms with Gasteiger partial charge < -0.3 is 4.90 Å². The molecule has 1 N–H and O–H groups in total. The van der Waals surface area contributed by atoms with Crippen LogP contribution < -0.4 is 5.32 Å². The third-order valence-corrected chi connectivity index (χ3v) is 2.52. The highest BCUT2D eigenvalue weighted by Gasteiger charge is 2.34. The zero-order chi connectivity index (χ0) is 12.3. The number of amides is 1. The fraction of sp³-hybridized carbons (Fsp3) is 0.900. The summed E-state index contributed by atoms with van der Waals surface area (Å²) in [5.41, 5.74) is 0. The van der Waals surface area contributed by atoms with E-state index in [0.717, 1.165) is 0 Å². The Hall–Kier alpha value is -0.780. The number of hydrogen-bond donors (Lipinski definition) is 1. The molecule has 1 saturated heterocycles. The highest BCUT2D eigenvalue weighted by Crippen LogP contribution is 2.22. The maximum Gasteiger partial charge on any atom is 0.390 e. The minimum Gasteiger partial charge on any atom is -0.326 e. The van der Waals surface area contributed by atoms with E-state index in [1.165, 1.54) is 4.90 Å². The van der Waals surface area contributed by atoms with Gasteiger partial charge in [0.05, 0.1) is 19.1 Å². The van der Waals surface area contributed by atoms with Crippen molar-refractivity contribution in [1.82, 2.24) is 10.2 Å². The fourth-order valence-corrected chi connectivity index (χ4v) is 1.78. The molecule has 0 spiro atoms. The van der Waals surface area contributed by atoms with Crippen molar-refractivity contribution in [1.29, 1.82) is 0 Å². The normalized spacial score (nSPS) is 22.2. The standard InChI is InChI=1S/C10H17F3N2O/c1-7(2)5-8-14-6-9(16)15(8)4-3-10(11,12)13/h7-8,14H,3-6H2,1-2H3. The van der Waals surface area contributed by atoms with Gasteiger partial charge in [-0.2, -0.15) is 13.2 Å². The number of hydrogen-bond acceptors (Lipinski definition) is 2. The second-order valence-electron chi connectivity index (χ2n) is 4.48. The van der Waals surface area contributed by atoms with Crippen LogP contribution in [-0.2, 0) is 4.79 Å². The molecule has 0 aromatic rings. The molecule has 0 saturated carbocycles. The summed E-state index contributed by atoms with van der Waals surface area (Å²) >= 11 is 0. The van der Waals surface area contributed by atoms with Gasteiger partial charge in [-0.15, -0.1) is 0 Å². The Bertz CT molecular complexity index is 253. The molecule has 1 fully saturated rings. The topological polar surface area (TPSA) is 32.3 Å².